The number of nitrogens with zero attached hydrogens (tertiary/aromatic N) is 3. The third kappa shape index (κ3) is 5.99. The predicted octanol–water partition coefficient (Wildman–Crippen LogP) is 15.1. The van der Waals surface area contributed by atoms with Crippen LogP contribution in [0.1, 0.15) is 56.2 Å². The molecule has 1 aliphatic carbocycles. The molecule has 3 nitrogen and oxygen atoms in total. The molecule has 4 heteroatoms. The molecule has 0 bridgehead atoms. The molecule has 1 fully saturated rings. The van der Waals surface area contributed by atoms with Crippen LogP contribution in [0.5, 0.6) is 0 Å². The Morgan fingerprint density at radius 1 is 0.456 bits per heavy atom. The zero-order valence-electron chi connectivity index (χ0n) is 39.4. The second-order valence-corrected chi connectivity index (χ2v) is 20.1. The van der Waals surface area contributed by atoms with Crippen molar-refractivity contribution < 1.29 is 0 Å². The number of anilines is 8. The van der Waals surface area contributed by atoms with E-state index in [-0.39, 0.29) is 17.7 Å². The number of fused-ring (bicyclic) bond motifs is 7. The summed E-state index contributed by atoms with van der Waals surface area (Å²) in [5.41, 5.74) is 25.2. The van der Waals surface area contributed by atoms with E-state index < -0.39 is 0 Å². The van der Waals surface area contributed by atoms with E-state index in [4.69, 9.17) is 0 Å². The molecule has 328 valence electrons. The molecule has 0 radical (unpaired) electrons. The Morgan fingerprint density at radius 3 is 1.66 bits per heavy atom. The summed E-state index contributed by atoms with van der Waals surface area (Å²) in [6.45, 7) is 9.70. The number of benzene rings is 9. The SMILES string of the molecule is Cc1ccccc1N(c1cc2c3c(c1)N1c4c(cc(-c5ccccc5)cc4C4(C)CCCCC14C)B3c1ccc(-c3ccccc3)cc1N2c1cccc(-c2ccccc2)c1)c1ccccc1C. The largest absolute Gasteiger partial charge is 0.335 e. The van der Waals surface area contributed by atoms with Crippen molar-refractivity contribution in [3.05, 3.63) is 223 Å². The van der Waals surface area contributed by atoms with Gasteiger partial charge in [-0.25, -0.2) is 0 Å². The molecule has 3 aliphatic heterocycles. The Balaban J connectivity index is 1.18. The van der Waals surface area contributed by atoms with Crippen LogP contribution in [0.4, 0.5) is 45.5 Å². The van der Waals surface area contributed by atoms with Gasteiger partial charge in [-0.3, -0.25) is 0 Å². The fourth-order valence-electron chi connectivity index (χ4n) is 12.8. The Hall–Kier alpha value is -7.56. The minimum Gasteiger partial charge on any atom is -0.335 e. The average Bonchev–Trinajstić information content (AvgIpc) is 3.60. The van der Waals surface area contributed by atoms with Gasteiger partial charge in [-0.1, -0.05) is 177 Å². The van der Waals surface area contributed by atoms with Crippen LogP contribution in [-0.4, -0.2) is 12.3 Å². The summed E-state index contributed by atoms with van der Waals surface area (Å²) < 4.78 is 0. The first kappa shape index (κ1) is 40.7. The van der Waals surface area contributed by atoms with Crippen molar-refractivity contribution in [2.75, 3.05) is 14.7 Å². The first-order valence-corrected chi connectivity index (χ1v) is 24.6. The van der Waals surface area contributed by atoms with E-state index in [0.717, 1.165) is 24.2 Å². The summed E-state index contributed by atoms with van der Waals surface area (Å²) in [5, 5.41) is 0. The van der Waals surface area contributed by atoms with Gasteiger partial charge in [-0.15, -0.1) is 0 Å². The van der Waals surface area contributed by atoms with Crippen LogP contribution in [0, 0.1) is 13.8 Å². The van der Waals surface area contributed by atoms with Crippen LogP contribution in [0.2, 0.25) is 0 Å². The summed E-state index contributed by atoms with van der Waals surface area (Å²) in [7, 11) is 0. The Labute approximate surface area is 402 Å². The fourth-order valence-corrected chi connectivity index (χ4v) is 12.8. The van der Waals surface area contributed by atoms with Gasteiger partial charge in [0, 0.05) is 45.2 Å². The van der Waals surface area contributed by atoms with Gasteiger partial charge in [-0.05, 0) is 149 Å². The highest BCUT2D eigenvalue weighted by atomic mass is 15.3. The molecule has 0 aromatic heterocycles. The quantitative estimate of drug-likeness (QED) is 0.148. The van der Waals surface area contributed by atoms with Crippen LogP contribution in [0.25, 0.3) is 33.4 Å². The normalized spacial score (nSPS) is 18.4. The van der Waals surface area contributed by atoms with Crippen LogP contribution in [0.15, 0.2) is 206 Å². The maximum atomic E-state index is 2.88. The van der Waals surface area contributed by atoms with Gasteiger partial charge in [-0.2, -0.15) is 0 Å². The van der Waals surface area contributed by atoms with Crippen LogP contribution in [-0.2, 0) is 5.41 Å². The second kappa shape index (κ2) is 15.5. The van der Waals surface area contributed by atoms with E-state index in [0.29, 0.717) is 0 Å². The highest BCUT2D eigenvalue weighted by Gasteiger charge is 2.61. The van der Waals surface area contributed by atoms with E-state index in [9.17, 15) is 0 Å². The maximum Gasteiger partial charge on any atom is 0.252 e. The summed E-state index contributed by atoms with van der Waals surface area (Å²) in [6.07, 6.45) is 4.73. The summed E-state index contributed by atoms with van der Waals surface area (Å²) in [5.74, 6) is 0. The molecule has 4 aliphatic rings. The van der Waals surface area contributed by atoms with Crippen molar-refractivity contribution >= 4 is 68.6 Å². The van der Waals surface area contributed by atoms with Crippen molar-refractivity contribution in [2.24, 2.45) is 0 Å². The molecular formula is C64H54BN3. The molecule has 0 saturated heterocycles. The van der Waals surface area contributed by atoms with E-state index in [2.05, 4.69) is 249 Å². The smallest absolute Gasteiger partial charge is 0.252 e. The topological polar surface area (TPSA) is 9.72 Å². The van der Waals surface area contributed by atoms with Gasteiger partial charge in [0.05, 0.1) is 11.2 Å². The van der Waals surface area contributed by atoms with Gasteiger partial charge in [0.15, 0.2) is 0 Å². The van der Waals surface area contributed by atoms with E-state index >= 15 is 0 Å². The molecule has 68 heavy (non-hydrogen) atoms. The van der Waals surface area contributed by atoms with Crippen molar-refractivity contribution in [1.29, 1.82) is 0 Å². The summed E-state index contributed by atoms with van der Waals surface area (Å²) in [4.78, 5) is 8.03. The maximum absolute atomic E-state index is 2.88. The van der Waals surface area contributed by atoms with Gasteiger partial charge in [0.1, 0.15) is 0 Å². The molecule has 2 atom stereocenters. The van der Waals surface area contributed by atoms with Crippen molar-refractivity contribution in [2.45, 2.75) is 64.3 Å². The first-order valence-electron chi connectivity index (χ1n) is 24.6. The number of hydrogen-bond donors (Lipinski definition) is 0. The molecule has 13 rings (SSSR count). The molecule has 1 saturated carbocycles. The third-order valence-corrected chi connectivity index (χ3v) is 16.4. The Morgan fingerprint density at radius 2 is 1.01 bits per heavy atom. The average molecular weight is 876 g/mol. The van der Waals surface area contributed by atoms with Gasteiger partial charge < -0.3 is 14.7 Å². The molecule has 2 unspecified atom stereocenters. The van der Waals surface area contributed by atoms with Crippen molar-refractivity contribution in [3.8, 4) is 33.4 Å². The number of para-hydroxylation sites is 2. The van der Waals surface area contributed by atoms with Crippen molar-refractivity contribution in [1.82, 2.24) is 0 Å². The van der Waals surface area contributed by atoms with Crippen LogP contribution in [0.3, 0.4) is 0 Å². The fraction of sp³-hybridized carbons (Fsp3) is 0.156. The highest BCUT2D eigenvalue weighted by Crippen LogP contribution is 2.63. The van der Waals surface area contributed by atoms with Crippen LogP contribution >= 0.6 is 0 Å². The van der Waals surface area contributed by atoms with E-state index in [1.54, 1.807) is 0 Å². The van der Waals surface area contributed by atoms with E-state index in [1.807, 2.05) is 0 Å². The molecular weight excluding hydrogens is 822 g/mol. The molecule has 9 aromatic carbocycles. The number of rotatable bonds is 7. The lowest BCUT2D eigenvalue weighted by atomic mass is 9.33. The monoisotopic (exact) mass is 875 g/mol. The van der Waals surface area contributed by atoms with Crippen molar-refractivity contribution in [3.63, 3.8) is 0 Å². The van der Waals surface area contributed by atoms with Gasteiger partial charge in [0.2, 0.25) is 0 Å². The lowest BCUT2D eigenvalue weighted by Gasteiger charge is -2.53. The van der Waals surface area contributed by atoms with Crippen LogP contribution < -0.4 is 31.1 Å². The third-order valence-electron chi connectivity index (χ3n) is 16.4. The Bertz CT molecular complexity index is 3390. The lowest BCUT2D eigenvalue weighted by Crippen LogP contribution is -2.64. The standard InChI is InChI=1S/C64H54BN3/c1-43-21-14-16-31-56(43)67(57-32-17-15-22-44(57)2)52-41-59-61-60(42-52)68-62-53(63(3)35-18-19-36-64(63,68)4)38-50(47-27-12-7-13-28-47)39-55(62)65(61)54-34-33-49(46-25-10-6-11-26-46)40-58(54)66(59)51-30-20-29-48(37-51)45-23-8-5-9-24-45/h5-17,20-34,37-42H,18-19,35-36H2,1-4H3. The molecule has 0 spiro atoms. The number of hydrogen-bond acceptors (Lipinski definition) is 3. The summed E-state index contributed by atoms with van der Waals surface area (Å²) in [6, 6.07) is 77.5. The minimum absolute atomic E-state index is 0.00572. The zero-order chi connectivity index (χ0) is 45.7. The molecule has 3 heterocycles. The second-order valence-electron chi connectivity index (χ2n) is 20.1. The molecule has 9 aromatic rings. The number of aryl methyl sites for hydroxylation is 2. The highest BCUT2D eigenvalue weighted by molar-refractivity contribution is 7.00. The van der Waals surface area contributed by atoms with Gasteiger partial charge in [0.25, 0.3) is 6.71 Å². The predicted molar refractivity (Wildman–Crippen MR) is 289 cm³/mol. The minimum atomic E-state index is -0.152. The first-order chi connectivity index (χ1) is 33.3. The Kier molecular flexibility index (Phi) is 9.28. The lowest BCUT2D eigenvalue weighted by molar-refractivity contribution is 0.195. The molecule has 0 N–H and O–H groups in total. The summed E-state index contributed by atoms with van der Waals surface area (Å²) >= 11 is 0. The van der Waals surface area contributed by atoms with Gasteiger partial charge >= 0.3 is 0 Å². The van der Waals surface area contributed by atoms with E-state index in [1.165, 1.54) is 113 Å². The zero-order valence-corrected chi connectivity index (χ0v) is 39.4. The molecule has 0 amide bonds.